The fourth-order valence-corrected chi connectivity index (χ4v) is 4.99. The zero-order chi connectivity index (χ0) is 14.0. The van der Waals surface area contributed by atoms with Crippen molar-refractivity contribution in [3.05, 3.63) is 15.4 Å². The van der Waals surface area contributed by atoms with E-state index in [1.54, 1.807) is 6.92 Å². The molecule has 0 saturated heterocycles. The Morgan fingerprint density at radius 2 is 2.11 bits per heavy atom. The maximum Gasteiger partial charge on any atom is 0.305 e. The van der Waals surface area contributed by atoms with E-state index in [4.69, 9.17) is 0 Å². The van der Waals surface area contributed by atoms with Crippen LogP contribution in [-0.4, -0.2) is 31.7 Å². The summed E-state index contributed by atoms with van der Waals surface area (Å²) in [4.78, 5) is 13.3. The molecule has 1 aliphatic carbocycles. The summed E-state index contributed by atoms with van der Waals surface area (Å²) in [6, 6.07) is 0. The fraction of sp³-hybridized carbons (Fsp3) is 0.727. The molecule has 0 spiro atoms. The number of aromatic amines is 1. The summed E-state index contributed by atoms with van der Waals surface area (Å²) in [6.45, 7) is 1.99. The van der Waals surface area contributed by atoms with E-state index in [9.17, 15) is 18.3 Å². The number of aryl methyl sites for hydroxylation is 1. The molecule has 108 valence electrons. The Morgan fingerprint density at radius 3 is 2.68 bits per heavy atom. The molecule has 19 heavy (non-hydrogen) atoms. The van der Waals surface area contributed by atoms with Crippen molar-refractivity contribution >= 4 is 21.4 Å². The Labute approximate surface area is 115 Å². The third kappa shape index (κ3) is 3.25. The largest absolute Gasteiger partial charge is 0.396 e. The Hall–Kier alpha value is -0.700. The maximum atomic E-state index is 12.1. The number of thiazole rings is 1. The van der Waals surface area contributed by atoms with Crippen molar-refractivity contribution in [3.8, 4) is 0 Å². The molecule has 1 saturated carbocycles. The molecule has 1 fully saturated rings. The summed E-state index contributed by atoms with van der Waals surface area (Å²) in [5.74, 6) is 0.351. The highest BCUT2D eigenvalue weighted by atomic mass is 32.2. The van der Waals surface area contributed by atoms with Crippen molar-refractivity contribution in [2.24, 2.45) is 11.8 Å². The van der Waals surface area contributed by atoms with Crippen LogP contribution in [0.5, 0.6) is 0 Å². The third-order valence-corrected chi connectivity index (χ3v) is 6.64. The summed E-state index contributed by atoms with van der Waals surface area (Å²) in [7, 11) is -3.63. The number of hydrogen-bond acceptors (Lipinski definition) is 5. The van der Waals surface area contributed by atoms with Crippen LogP contribution in [0.3, 0.4) is 0 Å². The van der Waals surface area contributed by atoms with Gasteiger partial charge in [-0.05, 0) is 31.6 Å². The molecule has 0 aromatic carbocycles. The lowest BCUT2D eigenvalue weighted by Gasteiger charge is -2.17. The van der Waals surface area contributed by atoms with E-state index in [0.29, 0.717) is 23.6 Å². The normalized spacial score (nSPS) is 23.9. The highest BCUT2D eigenvalue weighted by molar-refractivity contribution is 7.91. The SMILES string of the molecule is Cc1[nH]c(=O)sc1S(=O)(=O)NCC1CCCC1CO. The van der Waals surface area contributed by atoms with Gasteiger partial charge in [0.2, 0.25) is 0 Å². The van der Waals surface area contributed by atoms with E-state index < -0.39 is 10.0 Å². The molecule has 3 N–H and O–H groups in total. The molecule has 0 aliphatic heterocycles. The molecule has 6 nitrogen and oxygen atoms in total. The zero-order valence-electron chi connectivity index (χ0n) is 10.7. The summed E-state index contributed by atoms with van der Waals surface area (Å²) >= 11 is 0.699. The predicted octanol–water partition coefficient (Wildman–Crippen LogP) is 0.432. The third-order valence-electron chi connectivity index (χ3n) is 3.61. The van der Waals surface area contributed by atoms with Crippen LogP contribution in [0.15, 0.2) is 9.00 Å². The number of aliphatic hydroxyl groups is 1. The highest BCUT2D eigenvalue weighted by Gasteiger charge is 2.29. The quantitative estimate of drug-likeness (QED) is 0.734. The molecule has 8 heteroatoms. The van der Waals surface area contributed by atoms with Crippen LogP contribution >= 0.6 is 11.3 Å². The van der Waals surface area contributed by atoms with Gasteiger partial charge in [0.05, 0.1) is 0 Å². The average molecular weight is 306 g/mol. The van der Waals surface area contributed by atoms with Gasteiger partial charge >= 0.3 is 4.87 Å². The number of H-pyrrole nitrogens is 1. The minimum absolute atomic E-state index is 0.0519. The highest BCUT2D eigenvalue weighted by Crippen LogP contribution is 2.31. The molecular formula is C11H18N2O4S2. The smallest absolute Gasteiger partial charge is 0.305 e. The van der Waals surface area contributed by atoms with Crippen LogP contribution in [0, 0.1) is 18.8 Å². The molecule has 2 rings (SSSR count). The van der Waals surface area contributed by atoms with E-state index in [-0.39, 0.29) is 27.5 Å². The first-order valence-corrected chi connectivity index (χ1v) is 8.54. The van der Waals surface area contributed by atoms with Crippen LogP contribution in [0.4, 0.5) is 0 Å². The monoisotopic (exact) mass is 306 g/mol. The van der Waals surface area contributed by atoms with Gasteiger partial charge in [-0.2, -0.15) is 0 Å². The van der Waals surface area contributed by atoms with Crippen molar-refractivity contribution < 1.29 is 13.5 Å². The van der Waals surface area contributed by atoms with Gasteiger partial charge in [0.15, 0.2) is 4.21 Å². The van der Waals surface area contributed by atoms with E-state index in [1.807, 2.05) is 0 Å². The first-order chi connectivity index (χ1) is 8.94. The molecule has 2 atom stereocenters. The second kappa shape index (κ2) is 5.74. The summed E-state index contributed by atoms with van der Waals surface area (Å²) in [5.41, 5.74) is 0.368. The van der Waals surface area contributed by atoms with Crippen LogP contribution in [-0.2, 0) is 10.0 Å². The van der Waals surface area contributed by atoms with Gasteiger partial charge in [0, 0.05) is 18.8 Å². The van der Waals surface area contributed by atoms with Crippen LogP contribution in [0.25, 0.3) is 0 Å². The van der Waals surface area contributed by atoms with Gasteiger partial charge < -0.3 is 10.1 Å². The van der Waals surface area contributed by atoms with Crippen LogP contribution in [0.2, 0.25) is 0 Å². The number of sulfonamides is 1. The lowest BCUT2D eigenvalue weighted by Crippen LogP contribution is -2.31. The van der Waals surface area contributed by atoms with Crippen molar-refractivity contribution in [3.63, 3.8) is 0 Å². The molecular weight excluding hydrogens is 288 g/mol. The average Bonchev–Trinajstić information content (AvgIpc) is 2.93. The Kier molecular flexibility index (Phi) is 4.44. The number of hydrogen-bond donors (Lipinski definition) is 3. The summed E-state index contributed by atoms with van der Waals surface area (Å²) < 4.78 is 26.8. The molecule has 1 aliphatic rings. The standard InChI is InChI=1S/C11H18N2O4S2/c1-7-10(18-11(15)13-7)19(16,17)12-5-8-3-2-4-9(8)6-14/h8-9,12,14H,2-6H2,1H3,(H,13,15). The van der Waals surface area contributed by atoms with Gasteiger partial charge in [-0.1, -0.05) is 17.8 Å². The van der Waals surface area contributed by atoms with Crippen molar-refractivity contribution in [2.45, 2.75) is 30.4 Å². The van der Waals surface area contributed by atoms with Crippen molar-refractivity contribution in [1.29, 1.82) is 0 Å². The minimum Gasteiger partial charge on any atom is -0.396 e. The van der Waals surface area contributed by atoms with Crippen LogP contribution < -0.4 is 9.60 Å². The van der Waals surface area contributed by atoms with E-state index in [0.717, 1.165) is 19.3 Å². The Balaban J connectivity index is 2.06. The van der Waals surface area contributed by atoms with Crippen molar-refractivity contribution in [1.82, 2.24) is 9.71 Å². The zero-order valence-corrected chi connectivity index (χ0v) is 12.3. The van der Waals surface area contributed by atoms with Gasteiger partial charge in [0.25, 0.3) is 10.0 Å². The first kappa shape index (κ1) is 14.7. The molecule has 0 bridgehead atoms. The lowest BCUT2D eigenvalue weighted by atomic mass is 9.97. The number of nitrogens with one attached hydrogen (secondary N) is 2. The fourth-order valence-electron chi connectivity index (χ4n) is 2.55. The molecule has 0 amide bonds. The van der Waals surface area contributed by atoms with E-state index in [2.05, 4.69) is 9.71 Å². The van der Waals surface area contributed by atoms with Crippen LogP contribution in [0.1, 0.15) is 25.0 Å². The molecule has 1 heterocycles. The van der Waals surface area contributed by atoms with Gasteiger partial charge in [-0.3, -0.25) is 4.79 Å². The second-order valence-electron chi connectivity index (χ2n) is 4.91. The molecule has 1 aromatic rings. The van der Waals surface area contributed by atoms with Gasteiger partial charge in [-0.25, -0.2) is 13.1 Å². The van der Waals surface area contributed by atoms with Gasteiger partial charge in [-0.15, -0.1) is 0 Å². The predicted molar refractivity (Wildman–Crippen MR) is 72.8 cm³/mol. The Morgan fingerprint density at radius 1 is 1.42 bits per heavy atom. The lowest BCUT2D eigenvalue weighted by molar-refractivity contribution is 0.195. The number of rotatable bonds is 5. The summed E-state index contributed by atoms with van der Waals surface area (Å²) in [6.07, 6.45) is 2.89. The number of aliphatic hydroxyl groups excluding tert-OH is 1. The molecule has 1 aromatic heterocycles. The van der Waals surface area contributed by atoms with E-state index in [1.165, 1.54) is 0 Å². The summed E-state index contributed by atoms with van der Waals surface area (Å²) in [5, 5.41) is 9.21. The maximum absolute atomic E-state index is 12.1. The molecule has 2 unspecified atom stereocenters. The molecule has 0 radical (unpaired) electrons. The number of aromatic nitrogens is 1. The van der Waals surface area contributed by atoms with Crippen molar-refractivity contribution in [2.75, 3.05) is 13.2 Å². The minimum atomic E-state index is -3.63. The second-order valence-corrected chi connectivity index (χ2v) is 7.86. The topological polar surface area (TPSA) is 99.3 Å². The first-order valence-electron chi connectivity index (χ1n) is 6.24. The Bertz CT molecular complexity index is 590. The van der Waals surface area contributed by atoms with Gasteiger partial charge in [0.1, 0.15) is 0 Å². The van der Waals surface area contributed by atoms with E-state index >= 15 is 0 Å².